The number of anilines is 1. The van der Waals surface area contributed by atoms with Crippen LogP contribution in [0.5, 0.6) is 5.75 Å². The molecule has 6 heteroatoms. The fourth-order valence-electron chi connectivity index (χ4n) is 3.99. The van der Waals surface area contributed by atoms with Crippen molar-refractivity contribution in [3.8, 4) is 28.3 Å². The number of benzene rings is 1. The first-order valence-electron chi connectivity index (χ1n) is 10.9. The van der Waals surface area contributed by atoms with E-state index in [-0.39, 0.29) is 17.7 Å². The lowest BCUT2D eigenvalue weighted by Crippen LogP contribution is -2.44. The molecule has 1 aliphatic heterocycles. The van der Waals surface area contributed by atoms with Crippen molar-refractivity contribution in [3.05, 3.63) is 54.8 Å². The Morgan fingerprint density at radius 1 is 1.26 bits per heavy atom. The normalized spacial score (nSPS) is 16.1. The topological polar surface area (TPSA) is 78.6 Å². The van der Waals surface area contributed by atoms with Crippen molar-refractivity contribution in [2.45, 2.75) is 39.2 Å². The zero-order valence-electron chi connectivity index (χ0n) is 18.0. The molecule has 0 radical (unpaired) electrons. The molecule has 3 heterocycles. The van der Waals surface area contributed by atoms with Crippen molar-refractivity contribution in [1.82, 2.24) is 10.3 Å². The molecule has 2 N–H and O–H groups in total. The molecule has 162 valence electrons. The third kappa shape index (κ3) is 4.74. The number of hydrogen-bond donors (Lipinski definition) is 2. The van der Waals surface area contributed by atoms with Crippen molar-refractivity contribution in [3.63, 3.8) is 0 Å². The molecule has 1 amide bonds. The molecule has 1 aliphatic rings. The number of aromatic nitrogens is 1. The average Bonchev–Trinajstić information content (AvgIpc) is 3.46. The molecule has 1 saturated heterocycles. The number of para-hydroxylation sites is 1. The van der Waals surface area contributed by atoms with E-state index in [1.165, 1.54) is 0 Å². The summed E-state index contributed by atoms with van der Waals surface area (Å²) in [4.78, 5) is 19.8. The molecule has 6 nitrogen and oxygen atoms in total. The van der Waals surface area contributed by atoms with Gasteiger partial charge in [-0.25, -0.2) is 4.98 Å². The van der Waals surface area contributed by atoms with Gasteiger partial charge in [0.2, 0.25) is 5.91 Å². The van der Waals surface area contributed by atoms with E-state index in [1.54, 1.807) is 18.4 Å². The van der Waals surface area contributed by atoms with Crippen LogP contribution in [0.1, 0.15) is 33.1 Å². The summed E-state index contributed by atoms with van der Waals surface area (Å²) in [5, 5.41) is 13.5. The number of furan rings is 1. The second-order valence-corrected chi connectivity index (χ2v) is 8.42. The van der Waals surface area contributed by atoms with E-state index in [1.807, 2.05) is 36.4 Å². The molecule has 3 aromatic rings. The highest BCUT2D eigenvalue weighted by molar-refractivity contribution is 5.86. The van der Waals surface area contributed by atoms with Crippen molar-refractivity contribution in [2.24, 2.45) is 5.92 Å². The lowest BCUT2D eigenvalue weighted by Gasteiger charge is -2.26. The fourth-order valence-corrected chi connectivity index (χ4v) is 3.99. The van der Waals surface area contributed by atoms with Crippen LogP contribution in [0.4, 0.5) is 5.82 Å². The quantitative estimate of drug-likeness (QED) is 0.573. The van der Waals surface area contributed by atoms with E-state index < -0.39 is 0 Å². The highest BCUT2D eigenvalue weighted by atomic mass is 16.3. The molecule has 2 aromatic heterocycles. The standard InChI is InChI=1S/C25H29N3O3/c1-17(2)11-12-26-25(30)21-8-5-13-28(21)24-16-18(23-10-6-14-31-23)15-20(27-24)19-7-3-4-9-22(19)29/h3-4,6-7,9-10,14-17,21,29H,5,8,11-13H2,1-2H3,(H,26,30)/t21-/m0/s1. The predicted octanol–water partition coefficient (Wildman–Crippen LogP) is 4.85. The molecule has 1 fully saturated rings. The predicted molar refractivity (Wildman–Crippen MR) is 122 cm³/mol. The Balaban J connectivity index is 1.68. The number of phenolic OH excluding ortho intramolecular Hbond substituents is 1. The number of pyridine rings is 1. The van der Waals surface area contributed by atoms with Gasteiger partial charge in [0.15, 0.2) is 0 Å². The zero-order valence-corrected chi connectivity index (χ0v) is 18.0. The van der Waals surface area contributed by atoms with E-state index >= 15 is 0 Å². The summed E-state index contributed by atoms with van der Waals surface area (Å²) < 4.78 is 5.62. The average molecular weight is 420 g/mol. The smallest absolute Gasteiger partial charge is 0.242 e. The molecular weight excluding hydrogens is 390 g/mol. The lowest BCUT2D eigenvalue weighted by atomic mass is 10.1. The maximum atomic E-state index is 12.9. The first-order chi connectivity index (χ1) is 15.0. The minimum atomic E-state index is -0.247. The first-order valence-corrected chi connectivity index (χ1v) is 10.9. The van der Waals surface area contributed by atoms with Gasteiger partial charge in [-0.1, -0.05) is 26.0 Å². The van der Waals surface area contributed by atoms with Crippen LogP contribution in [0.25, 0.3) is 22.6 Å². The Morgan fingerprint density at radius 2 is 2.10 bits per heavy atom. The van der Waals surface area contributed by atoms with Gasteiger partial charge in [0, 0.05) is 24.2 Å². The Labute approximate surface area is 182 Å². The van der Waals surface area contributed by atoms with Gasteiger partial charge in [0.05, 0.1) is 12.0 Å². The van der Waals surface area contributed by atoms with Crippen LogP contribution in [0.2, 0.25) is 0 Å². The molecule has 0 bridgehead atoms. The minimum absolute atomic E-state index is 0.0486. The number of carbonyl (C=O) groups excluding carboxylic acids is 1. The Kier molecular flexibility index (Phi) is 6.26. The van der Waals surface area contributed by atoms with Crippen molar-refractivity contribution in [1.29, 1.82) is 0 Å². The van der Waals surface area contributed by atoms with E-state index in [0.29, 0.717) is 29.5 Å². The number of hydrogen-bond acceptors (Lipinski definition) is 5. The maximum Gasteiger partial charge on any atom is 0.242 e. The SMILES string of the molecule is CC(C)CCNC(=O)[C@@H]1CCCN1c1cc(-c2ccco2)cc(-c2ccccc2O)n1. The van der Waals surface area contributed by atoms with Gasteiger partial charge in [-0.15, -0.1) is 0 Å². The molecule has 4 rings (SSSR count). The highest BCUT2D eigenvalue weighted by Crippen LogP contribution is 2.35. The van der Waals surface area contributed by atoms with Crippen LogP contribution in [-0.4, -0.2) is 35.1 Å². The third-order valence-electron chi connectivity index (χ3n) is 5.67. The summed E-state index contributed by atoms with van der Waals surface area (Å²) >= 11 is 0. The Hall–Kier alpha value is -3.28. The Morgan fingerprint density at radius 3 is 2.84 bits per heavy atom. The third-order valence-corrected chi connectivity index (χ3v) is 5.67. The summed E-state index contributed by atoms with van der Waals surface area (Å²) in [6.45, 7) is 5.75. The molecule has 1 atom stereocenters. The van der Waals surface area contributed by atoms with Crippen molar-refractivity contribution >= 4 is 11.7 Å². The maximum absolute atomic E-state index is 12.9. The second-order valence-electron chi connectivity index (χ2n) is 8.42. The van der Waals surface area contributed by atoms with Gasteiger partial charge >= 0.3 is 0 Å². The number of amides is 1. The first kappa shape index (κ1) is 21.0. The second kappa shape index (κ2) is 9.25. The summed E-state index contributed by atoms with van der Waals surface area (Å²) in [7, 11) is 0. The molecule has 0 aliphatic carbocycles. The zero-order chi connectivity index (χ0) is 21.8. The van der Waals surface area contributed by atoms with E-state index in [0.717, 1.165) is 37.1 Å². The summed E-state index contributed by atoms with van der Waals surface area (Å²) in [6, 6.07) is 14.5. The largest absolute Gasteiger partial charge is 0.507 e. The van der Waals surface area contributed by atoms with Gasteiger partial charge in [-0.2, -0.15) is 0 Å². The number of rotatable bonds is 7. The van der Waals surface area contributed by atoms with Crippen molar-refractivity contribution in [2.75, 3.05) is 18.0 Å². The molecule has 31 heavy (non-hydrogen) atoms. The fraction of sp³-hybridized carbons (Fsp3) is 0.360. The molecular formula is C25H29N3O3. The monoisotopic (exact) mass is 419 g/mol. The van der Waals surface area contributed by atoms with Crippen LogP contribution >= 0.6 is 0 Å². The summed E-state index contributed by atoms with van der Waals surface area (Å²) in [5.41, 5.74) is 2.15. The molecule has 1 aromatic carbocycles. The van der Waals surface area contributed by atoms with Gasteiger partial charge in [-0.05, 0) is 61.6 Å². The number of nitrogens with zero attached hydrogens (tertiary/aromatic N) is 2. The van der Waals surface area contributed by atoms with Crippen LogP contribution < -0.4 is 10.2 Å². The van der Waals surface area contributed by atoms with Gasteiger partial charge in [0.1, 0.15) is 23.4 Å². The lowest BCUT2D eigenvalue weighted by molar-refractivity contribution is -0.122. The van der Waals surface area contributed by atoms with Gasteiger partial charge in [-0.3, -0.25) is 4.79 Å². The summed E-state index contributed by atoms with van der Waals surface area (Å²) in [5.74, 6) is 2.20. The number of phenols is 1. The molecule has 0 spiro atoms. The highest BCUT2D eigenvalue weighted by Gasteiger charge is 2.32. The van der Waals surface area contributed by atoms with Crippen LogP contribution in [-0.2, 0) is 4.79 Å². The van der Waals surface area contributed by atoms with Crippen molar-refractivity contribution < 1.29 is 14.3 Å². The van der Waals surface area contributed by atoms with Gasteiger partial charge < -0.3 is 19.7 Å². The number of aromatic hydroxyl groups is 1. The summed E-state index contributed by atoms with van der Waals surface area (Å²) in [6.07, 6.45) is 4.32. The minimum Gasteiger partial charge on any atom is -0.507 e. The van der Waals surface area contributed by atoms with Crippen LogP contribution in [0, 0.1) is 5.92 Å². The van der Waals surface area contributed by atoms with E-state index in [2.05, 4.69) is 24.1 Å². The van der Waals surface area contributed by atoms with Gasteiger partial charge in [0.25, 0.3) is 0 Å². The molecule has 0 unspecified atom stereocenters. The van der Waals surface area contributed by atoms with Crippen LogP contribution in [0.3, 0.4) is 0 Å². The van der Waals surface area contributed by atoms with Crippen LogP contribution in [0.15, 0.2) is 59.2 Å². The number of carbonyl (C=O) groups is 1. The number of nitrogens with one attached hydrogen (secondary N) is 1. The Bertz CT molecular complexity index is 1030. The van der Waals surface area contributed by atoms with E-state index in [9.17, 15) is 9.90 Å². The molecule has 0 saturated carbocycles. The van der Waals surface area contributed by atoms with E-state index in [4.69, 9.17) is 9.40 Å².